The van der Waals surface area contributed by atoms with Gasteiger partial charge in [0, 0.05) is 29.3 Å². The zero-order valence-electron chi connectivity index (χ0n) is 14.3. The zero-order valence-corrected chi connectivity index (χ0v) is 15.9. The molecule has 0 bridgehead atoms. The molecule has 1 saturated heterocycles. The largest absolute Gasteiger partial charge is 0.313 e. The number of imidazole rings is 2. The van der Waals surface area contributed by atoms with Gasteiger partial charge in [-0.15, -0.1) is 0 Å². The van der Waals surface area contributed by atoms with E-state index in [9.17, 15) is 4.39 Å². The number of halogens is 2. The summed E-state index contributed by atoms with van der Waals surface area (Å²) in [6.45, 7) is 1.00. The van der Waals surface area contributed by atoms with E-state index in [1.165, 1.54) is 0 Å². The van der Waals surface area contributed by atoms with Crippen LogP contribution in [0.5, 0.6) is 0 Å². The quantitative estimate of drug-likeness (QED) is 0.512. The third-order valence-corrected chi connectivity index (χ3v) is 5.77. The number of nitrogens with one attached hydrogen (secondary N) is 1. The first-order valence-corrected chi connectivity index (χ1v) is 9.57. The third-order valence-electron chi connectivity index (χ3n) is 5.28. The van der Waals surface area contributed by atoms with Crippen LogP contribution in [0.1, 0.15) is 24.4 Å². The molecule has 0 amide bonds. The molecule has 5 rings (SSSR count). The minimum absolute atomic E-state index is 0.216. The SMILES string of the molecule is Cn1c2cc(Br)ccc2n2cc(-c3ccc([C@H]4CCCN4)cc3F)nc12. The van der Waals surface area contributed by atoms with Crippen LogP contribution in [-0.4, -0.2) is 20.5 Å². The van der Waals surface area contributed by atoms with E-state index in [0.717, 1.165) is 46.2 Å². The molecule has 0 saturated carbocycles. The molecule has 4 aromatic rings. The summed E-state index contributed by atoms with van der Waals surface area (Å²) in [5.41, 5.74) is 4.35. The lowest BCUT2D eigenvalue weighted by molar-refractivity contribution is 0.609. The Morgan fingerprint density at radius 2 is 2.08 bits per heavy atom. The molecule has 26 heavy (non-hydrogen) atoms. The highest BCUT2D eigenvalue weighted by Crippen LogP contribution is 2.30. The molecule has 0 aliphatic carbocycles. The normalized spacial score (nSPS) is 17.6. The summed E-state index contributed by atoms with van der Waals surface area (Å²) in [6.07, 6.45) is 4.12. The maximum absolute atomic E-state index is 14.8. The van der Waals surface area contributed by atoms with Crippen LogP contribution in [0.3, 0.4) is 0 Å². The average molecular weight is 413 g/mol. The first kappa shape index (κ1) is 16.0. The van der Waals surface area contributed by atoms with Crippen molar-refractivity contribution in [2.45, 2.75) is 18.9 Å². The molecule has 3 heterocycles. The van der Waals surface area contributed by atoms with Crippen molar-refractivity contribution in [3.8, 4) is 11.3 Å². The van der Waals surface area contributed by atoms with E-state index in [2.05, 4.69) is 27.3 Å². The lowest BCUT2D eigenvalue weighted by atomic mass is 10.0. The van der Waals surface area contributed by atoms with E-state index in [1.807, 2.05) is 46.5 Å². The van der Waals surface area contributed by atoms with E-state index in [1.54, 1.807) is 6.07 Å². The van der Waals surface area contributed by atoms with Crippen molar-refractivity contribution in [1.82, 2.24) is 19.3 Å². The number of fused-ring (bicyclic) bond motifs is 3. The Kier molecular flexibility index (Phi) is 3.65. The molecule has 0 radical (unpaired) electrons. The van der Waals surface area contributed by atoms with E-state index in [0.29, 0.717) is 11.3 Å². The van der Waals surface area contributed by atoms with Gasteiger partial charge >= 0.3 is 0 Å². The fourth-order valence-electron chi connectivity index (χ4n) is 3.92. The van der Waals surface area contributed by atoms with Crippen LogP contribution in [0.4, 0.5) is 4.39 Å². The maximum Gasteiger partial charge on any atom is 0.215 e. The number of aromatic nitrogens is 3. The summed E-state index contributed by atoms with van der Waals surface area (Å²) in [5, 5.41) is 3.42. The second kappa shape index (κ2) is 5.93. The van der Waals surface area contributed by atoms with Crippen LogP contribution in [0.2, 0.25) is 0 Å². The minimum Gasteiger partial charge on any atom is -0.313 e. The summed E-state index contributed by atoms with van der Waals surface area (Å²) in [4.78, 5) is 4.69. The molecular formula is C20H18BrFN4. The van der Waals surface area contributed by atoms with Crippen molar-refractivity contribution in [1.29, 1.82) is 0 Å². The fraction of sp³-hybridized carbons (Fsp3) is 0.250. The summed E-state index contributed by atoms with van der Waals surface area (Å²) in [5.74, 6) is 0.584. The van der Waals surface area contributed by atoms with Gasteiger partial charge in [0.1, 0.15) is 5.82 Å². The van der Waals surface area contributed by atoms with E-state index in [-0.39, 0.29) is 11.9 Å². The van der Waals surface area contributed by atoms with Crippen LogP contribution < -0.4 is 5.32 Å². The van der Waals surface area contributed by atoms with Gasteiger partial charge < -0.3 is 9.88 Å². The van der Waals surface area contributed by atoms with Crippen LogP contribution in [0.15, 0.2) is 47.1 Å². The van der Waals surface area contributed by atoms with Crippen molar-refractivity contribution in [2.75, 3.05) is 6.54 Å². The molecule has 0 spiro atoms. The Hall–Kier alpha value is -2.18. The summed E-state index contributed by atoms with van der Waals surface area (Å²) in [7, 11) is 1.98. The molecule has 2 aromatic heterocycles. The number of aryl methyl sites for hydroxylation is 1. The fourth-order valence-corrected chi connectivity index (χ4v) is 4.26. The molecule has 132 valence electrons. The summed E-state index contributed by atoms with van der Waals surface area (Å²) >= 11 is 3.51. The van der Waals surface area contributed by atoms with Crippen molar-refractivity contribution < 1.29 is 4.39 Å². The average Bonchev–Trinajstić information content (AvgIpc) is 3.34. The Morgan fingerprint density at radius 3 is 2.85 bits per heavy atom. The van der Waals surface area contributed by atoms with Crippen LogP contribution >= 0.6 is 15.9 Å². The van der Waals surface area contributed by atoms with Crippen molar-refractivity contribution in [2.24, 2.45) is 7.05 Å². The monoisotopic (exact) mass is 412 g/mol. The molecule has 4 nitrogen and oxygen atoms in total. The molecule has 1 atom stereocenters. The summed E-state index contributed by atoms with van der Waals surface area (Å²) < 4.78 is 19.9. The predicted molar refractivity (Wildman–Crippen MR) is 105 cm³/mol. The molecular weight excluding hydrogens is 395 g/mol. The third kappa shape index (κ3) is 2.40. The number of rotatable bonds is 2. The van der Waals surface area contributed by atoms with Crippen molar-refractivity contribution in [3.05, 3.63) is 58.4 Å². The Balaban J connectivity index is 1.62. The highest BCUT2D eigenvalue weighted by molar-refractivity contribution is 9.10. The van der Waals surface area contributed by atoms with Crippen LogP contribution in [-0.2, 0) is 7.05 Å². The second-order valence-electron chi connectivity index (χ2n) is 6.88. The van der Waals surface area contributed by atoms with Crippen molar-refractivity contribution in [3.63, 3.8) is 0 Å². The first-order valence-electron chi connectivity index (χ1n) is 8.78. The first-order chi connectivity index (χ1) is 12.6. The smallest absolute Gasteiger partial charge is 0.215 e. The zero-order chi connectivity index (χ0) is 17.8. The molecule has 1 N–H and O–H groups in total. The lowest BCUT2D eigenvalue weighted by Gasteiger charge is -2.11. The van der Waals surface area contributed by atoms with Gasteiger partial charge in [0.15, 0.2) is 0 Å². The standard InChI is InChI=1S/C20H18BrFN4/c1-25-19-10-13(21)5-7-18(19)26-11-17(24-20(25)26)14-6-4-12(9-15(14)22)16-3-2-8-23-16/h4-7,9-11,16,23H,2-3,8H2,1H3/t16-/m1/s1. The van der Waals surface area contributed by atoms with E-state index < -0.39 is 0 Å². The number of hydrogen-bond acceptors (Lipinski definition) is 2. The van der Waals surface area contributed by atoms with Crippen LogP contribution in [0, 0.1) is 5.82 Å². The van der Waals surface area contributed by atoms with Gasteiger partial charge in [-0.05, 0) is 55.3 Å². The predicted octanol–water partition coefficient (Wildman–Crippen LogP) is 4.82. The van der Waals surface area contributed by atoms with Gasteiger partial charge in [-0.1, -0.05) is 22.0 Å². The van der Waals surface area contributed by atoms with Gasteiger partial charge in [-0.3, -0.25) is 4.40 Å². The Labute approximate surface area is 158 Å². The number of nitrogens with zero attached hydrogens (tertiary/aromatic N) is 3. The van der Waals surface area contributed by atoms with E-state index >= 15 is 0 Å². The Bertz CT molecular complexity index is 1140. The molecule has 1 aliphatic heterocycles. The summed E-state index contributed by atoms with van der Waals surface area (Å²) in [6, 6.07) is 11.9. The van der Waals surface area contributed by atoms with Crippen LogP contribution in [0.25, 0.3) is 28.1 Å². The van der Waals surface area contributed by atoms with Crippen molar-refractivity contribution >= 4 is 32.7 Å². The maximum atomic E-state index is 14.8. The molecule has 1 fully saturated rings. The highest BCUT2D eigenvalue weighted by atomic mass is 79.9. The Morgan fingerprint density at radius 1 is 1.19 bits per heavy atom. The number of benzene rings is 2. The topological polar surface area (TPSA) is 34.3 Å². The van der Waals surface area contributed by atoms with Gasteiger partial charge in [0.25, 0.3) is 0 Å². The molecule has 6 heteroatoms. The van der Waals surface area contributed by atoms with E-state index in [4.69, 9.17) is 4.98 Å². The lowest BCUT2D eigenvalue weighted by Crippen LogP contribution is -2.12. The second-order valence-corrected chi connectivity index (χ2v) is 7.79. The van der Waals surface area contributed by atoms with Gasteiger partial charge in [0.2, 0.25) is 5.78 Å². The molecule has 1 aliphatic rings. The molecule has 2 aromatic carbocycles. The number of hydrogen-bond donors (Lipinski definition) is 1. The van der Waals surface area contributed by atoms with Gasteiger partial charge in [-0.25, -0.2) is 9.37 Å². The highest BCUT2D eigenvalue weighted by Gasteiger charge is 2.19. The molecule has 0 unspecified atom stereocenters. The van der Waals surface area contributed by atoms with Gasteiger partial charge in [-0.2, -0.15) is 0 Å². The minimum atomic E-state index is -0.216. The van der Waals surface area contributed by atoms with Gasteiger partial charge in [0.05, 0.1) is 16.7 Å².